The maximum absolute atomic E-state index is 7.61. The SMILES string of the molecule is N=C(N)c1ccc(-c2cc(N3CCOC(c4nc5ccc(Cl)cc5[nH]4)C3)nc(N)n2)cc1N. The van der Waals surface area contributed by atoms with Crippen LogP contribution in [-0.4, -0.2) is 45.5 Å². The summed E-state index contributed by atoms with van der Waals surface area (Å²) in [7, 11) is 0. The van der Waals surface area contributed by atoms with Gasteiger partial charge in [0.05, 0.1) is 29.9 Å². The predicted octanol–water partition coefficient (Wildman–Crippen LogP) is 2.70. The molecule has 8 N–H and O–H groups in total. The van der Waals surface area contributed by atoms with Crippen LogP contribution in [0.2, 0.25) is 5.02 Å². The number of nitrogens with one attached hydrogen (secondary N) is 2. The van der Waals surface area contributed by atoms with Crippen molar-refractivity contribution in [2.45, 2.75) is 6.10 Å². The Labute approximate surface area is 194 Å². The Hall–Kier alpha value is -3.89. The van der Waals surface area contributed by atoms with Gasteiger partial charge in [-0.25, -0.2) is 9.97 Å². The molecule has 0 saturated carbocycles. The molecule has 10 nitrogen and oxygen atoms in total. The summed E-state index contributed by atoms with van der Waals surface area (Å²) in [4.78, 5) is 18.8. The van der Waals surface area contributed by atoms with Crippen LogP contribution >= 0.6 is 11.6 Å². The van der Waals surface area contributed by atoms with Gasteiger partial charge >= 0.3 is 0 Å². The zero-order chi connectivity index (χ0) is 23.1. The highest BCUT2D eigenvalue weighted by Crippen LogP contribution is 2.29. The molecule has 11 heteroatoms. The number of anilines is 3. The molecular weight excluding hydrogens is 442 g/mol. The number of rotatable bonds is 4. The van der Waals surface area contributed by atoms with Crippen molar-refractivity contribution in [2.24, 2.45) is 5.73 Å². The minimum absolute atomic E-state index is 0.0887. The summed E-state index contributed by atoms with van der Waals surface area (Å²) in [5, 5.41) is 8.25. The van der Waals surface area contributed by atoms with E-state index < -0.39 is 0 Å². The number of aromatic amines is 1. The highest BCUT2D eigenvalue weighted by atomic mass is 35.5. The van der Waals surface area contributed by atoms with E-state index >= 15 is 0 Å². The van der Waals surface area contributed by atoms with Crippen LogP contribution in [0.25, 0.3) is 22.3 Å². The maximum Gasteiger partial charge on any atom is 0.222 e. The van der Waals surface area contributed by atoms with E-state index in [1.807, 2.05) is 24.3 Å². The molecule has 1 aliphatic heterocycles. The molecule has 1 aliphatic rings. The van der Waals surface area contributed by atoms with E-state index in [4.69, 9.17) is 38.9 Å². The van der Waals surface area contributed by atoms with Crippen LogP contribution in [0.5, 0.6) is 0 Å². The summed E-state index contributed by atoms with van der Waals surface area (Å²) < 4.78 is 5.98. The standard InChI is InChI=1S/C22H22ClN9O/c23-12-2-4-15-17(8-12)29-21(28-15)18-10-32(5-6-33-18)19-9-16(30-22(27)31-19)11-1-3-13(20(25)26)14(24)7-11/h1-4,7-9,18H,5-6,10,24H2,(H3,25,26)(H,28,29)(H2,27,30,31). The van der Waals surface area contributed by atoms with E-state index in [-0.39, 0.29) is 17.9 Å². The van der Waals surface area contributed by atoms with Crippen molar-refractivity contribution in [1.29, 1.82) is 5.41 Å². The lowest BCUT2D eigenvalue weighted by Gasteiger charge is -2.33. The number of H-pyrrole nitrogens is 1. The number of nitrogens with zero attached hydrogens (tertiary/aromatic N) is 4. The van der Waals surface area contributed by atoms with Crippen LogP contribution in [0.15, 0.2) is 42.5 Å². The molecule has 3 heterocycles. The van der Waals surface area contributed by atoms with Gasteiger partial charge in [0.25, 0.3) is 0 Å². The van der Waals surface area contributed by atoms with E-state index in [1.54, 1.807) is 18.2 Å². The number of nitrogens with two attached hydrogens (primary N) is 3. The smallest absolute Gasteiger partial charge is 0.222 e. The summed E-state index contributed by atoms with van der Waals surface area (Å²) in [6.07, 6.45) is -0.268. The summed E-state index contributed by atoms with van der Waals surface area (Å²) in [5.74, 6) is 1.47. The Bertz CT molecular complexity index is 1370. The lowest BCUT2D eigenvalue weighted by Crippen LogP contribution is -2.39. The fourth-order valence-corrected chi connectivity index (χ4v) is 4.08. The zero-order valence-electron chi connectivity index (χ0n) is 17.5. The second kappa shape index (κ2) is 8.23. The van der Waals surface area contributed by atoms with Gasteiger partial charge in [0.1, 0.15) is 23.6 Å². The fourth-order valence-electron chi connectivity index (χ4n) is 3.91. The molecule has 0 amide bonds. The van der Waals surface area contributed by atoms with E-state index in [0.29, 0.717) is 47.5 Å². The number of fused-ring (bicyclic) bond motifs is 1. The van der Waals surface area contributed by atoms with Crippen LogP contribution in [-0.2, 0) is 4.74 Å². The molecule has 2 aromatic heterocycles. The second-order valence-electron chi connectivity index (χ2n) is 7.77. The average molecular weight is 464 g/mol. The highest BCUT2D eigenvalue weighted by molar-refractivity contribution is 6.31. The number of hydrogen-bond donors (Lipinski definition) is 5. The Morgan fingerprint density at radius 2 is 1.97 bits per heavy atom. The molecule has 2 aromatic carbocycles. The Morgan fingerprint density at radius 1 is 1.12 bits per heavy atom. The molecule has 1 fully saturated rings. The van der Waals surface area contributed by atoms with E-state index in [0.717, 1.165) is 22.4 Å². The Balaban J connectivity index is 1.43. The number of imidazole rings is 1. The molecule has 1 unspecified atom stereocenters. The maximum atomic E-state index is 7.61. The number of amidine groups is 1. The molecule has 4 aromatic rings. The van der Waals surface area contributed by atoms with Crippen LogP contribution in [0.3, 0.4) is 0 Å². The monoisotopic (exact) mass is 463 g/mol. The molecular formula is C22H22ClN9O. The third kappa shape index (κ3) is 4.13. The van der Waals surface area contributed by atoms with Crippen molar-refractivity contribution in [3.63, 3.8) is 0 Å². The van der Waals surface area contributed by atoms with E-state index in [9.17, 15) is 0 Å². The lowest BCUT2D eigenvalue weighted by atomic mass is 10.1. The molecule has 0 aliphatic carbocycles. The first-order chi connectivity index (χ1) is 15.9. The van der Waals surface area contributed by atoms with Crippen LogP contribution in [0.1, 0.15) is 17.5 Å². The molecule has 0 spiro atoms. The molecule has 1 saturated heterocycles. The van der Waals surface area contributed by atoms with E-state index in [1.165, 1.54) is 0 Å². The van der Waals surface area contributed by atoms with Crippen LogP contribution < -0.4 is 22.1 Å². The minimum atomic E-state index is -0.268. The van der Waals surface area contributed by atoms with Crippen molar-refractivity contribution in [3.8, 4) is 11.3 Å². The van der Waals surface area contributed by atoms with Gasteiger partial charge in [0, 0.05) is 34.4 Å². The molecule has 168 valence electrons. The first kappa shape index (κ1) is 21.0. The van der Waals surface area contributed by atoms with Crippen molar-refractivity contribution < 1.29 is 4.74 Å². The van der Waals surface area contributed by atoms with E-state index in [2.05, 4.69) is 24.8 Å². The molecule has 0 bridgehead atoms. The number of ether oxygens (including phenoxy) is 1. The highest BCUT2D eigenvalue weighted by Gasteiger charge is 2.26. The largest absolute Gasteiger partial charge is 0.398 e. The van der Waals surface area contributed by atoms with Crippen molar-refractivity contribution in [3.05, 3.63) is 58.9 Å². The number of hydrogen-bond acceptors (Lipinski definition) is 8. The second-order valence-corrected chi connectivity index (χ2v) is 8.21. The van der Waals surface area contributed by atoms with Crippen molar-refractivity contribution >= 4 is 45.9 Å². The number of morpholine rings is 1. The Morgan fingerprint density at radius 3 is 2.76 bits per heavy atom. The van der Waals surface area contributed by atoms with Gasteiger partial charge in [-0.1, -0.05) is 17.7 Å². The number of nitrogen functional groups attached to an aromatic ring is 3. The summed E-state index contributed by atoms with van der Waals surface area (Å²) in [5.41, 5.74) is 21.6. The molecule has 1 atom stereocenters. The summed E-state index contributed by atoms with van der Waals surface area (Å²) in [6.45, 7) is 1.68. The fraction of sp³-hybridized carbons (Fsp3) is 0.182. The van der Waals surface area contributed by atoms with Crippen LogP contribution in [0, 0.1) is 5.41 Å². The van der Waals surface area contributed by atoms with Gasteiger partial charge in [0.2, 0.25) is 5.95 Å². The van der Waals surface area contributed by atoms with Crippen LogP contribution in [0.4, 0.5) is 17.5 Å². The minimum Gasteiger partial charge on any atom is -0.398 e. The Kier molecular flexibility index (Phi) is 5.23. The first-order valence-corrected chi connectivity index (χ1v) is 10.7. The summed E-state index contributed by atoms with van der Waals surface area (Å²) in [6, 6.07) is 12.6. The normalized spacial score (nSPS) is 16.3. The van der Waals surface area contributed by atoms with Gasteiger partial charge < -0.3 is 31.8 Å². The average Bonchev–Trinajstić information content (AvgIpc) is 3.22. The van der Waals surface area contributed by atoms with Crippen molar-refractivity contribution in [1.82, 2.24) is 19.9 Å². The quantitative estimate of drug-likeness (QED) is 0.175. The number of aromatic nitrogens is 4. The topological polar surface area (TPSA) is 169 Å². The molecule has 0 radical (unpaired) electrons. The third-order valence-corrected chi connectivity index (χ3v) is 5.76. The third-order valence-electron chi connectivity index (χ3n) is 5.53. The number of benzene rings is 2. The molecule has 5 rings (SSSR count). The number of halogens is 1. The first-order valence-electron chi connectivity index (χ1n) is 10.3. The van der Waals surface area contributed by atoms with Gasteiger partial charge in [-0.05, 0) is 30.3 Å². The molecule has 33 heavy (non-hydrogen) atoms. The lowest BCUT2D eigenvalue weighted by molar-refractivity contribution is 0.0345. The van der Waals surface area contributed by atoms with Crippen molar-refractivity contribution in [2.75, 3.05) is 36.1 Å². The summed E-state index contributed by atoms with van der Waals surface area (Å²) >= 11 is 6.09. The van der Waals surface area contributed by atoms with Gasteiger partial charge in [-0.15, -0.1) is 0 Å². The predicted molar refractivity (Wildman–Crippen MR) is 129 cm³/mol. The van der Waals surface area contributed by atoms with Gasteiger partial charge in [-0.2, -0.15) is 4.98 Å². The van der Waals surface area contributed by atoms with Gasteiger partial charge in [0.15, 0.2) is 0 Å². The zero-order valence-corrected chi connectivity index (χ0v) is 18.3. The van der Waals surface area contributed by atoms with Gasteiger partial charge in [-0.3, -0.25) is 5.41 Å².